The number of aromatic nitrogens is 1. The molecule has 0 bridgehead atoms. The van der Waals surface area contributed by atoms with Gasteiger partial charge in [-0.1, -0.05) is 0 Å². The number of fused-ring (bicyclic) bond motifs is 1. The number of benzene rings is 1. The molecule has 10 heteroatoms. The van der Waals surface area contributed by atoms with Gasteiger partial charge in [0.25, 0.3) is 0 Å². The van der Waals surface area contributed by atoms with Gasteiger partial charge in [0, 0.05) is 37.8 Å². The number of likely N-dealkylation sites (N-methyl/N-ethyl adjacent to an activating group) is 1. The second-order valence-corrected chi connectivity index (χ2v) is 8.86. The molecule has 1 saturated carbocycles. The molecule has 1 aliphatic heterocycles. The Hall–Kier alpha value is -3.56. The van der Waals surface area contributed by atoms with Crippen molar-refractivity contribution in [2.45, 2.75) is 45.2 Å². The molecular formula is C23H24FN3O6. The number of carboxylic acids is 1. The zero-order valence-electron chi connectivity index (χ0n) is 18.6. The number of anilines is 2. The smallest absolute Gasteiger partial charge is 0.477 e. The summed E-state index contributed by atoms with van der Waals surface area (Å²) in [6.07, 6.45) is 3.86. The second kappa shape index (κ2) is 7.50. The van der Waals surface area contributed by atoms with Crippen LogP contribution in [0.3, 0.4) is 0 Å². The minimum absolute atomic E-state index is 0.0426. The van der Waals surface area contributed by atoms with E-state index in [4.69, 9.17) is 8.83 Å². The van der Waals surface area contributed by atoms with Crippen molar-refractivity contribution in [2.24, 2.45) is 0 Å². The topological polar surface area (TPSA) is 109 Å². The molecule has 2 aromatic heterocycles. The summed E-state index contributed by atoms with van der Waals surface area (Å²) in [5.74, 6) is -1.90. The van der Waals surface area contributed by atoms with E-state index in [-0.39, 0.29) is 23.0 Å². The van der Waals surface area contributed by atoms with E-state index < -0.39 is 23.0 Å². The maximum atomic E-state index is 15.4. The third-order valence-corrected chi connectivity index (χ3v) is 6.71. The zero-order valence-corrected chi connectivity index (χ0v) is 18.6. The van der Waals surface area contributed by atoms with E-state index in [0.717, 1.165) is 12.8 Å². The van der Waals surface area contributed by atoms with E-state index in [1.54, 1.807) is 20.9 Å². The molecule has 3 heterocycles. The normalized spacial score (nSPS) is 18.3. The first kappa shape index (κ1) is 21.3. The minimum Gasteiger partial charge on any atom is -0.477 e. The van der Waals surface area contributed by atoms with Crippen molar-refractivity contribution in [2.75, 3.05) is 29.9 Å². The third kappa shape index (κ3) is 3.40. The minimum atomic E-state index is -1.31. The molecule has 2 aliphatic rings. The number of pyridine rings is 1. The summed E-state index contributed by atoms with van der Waals surface area (Å²) in [6.45, 7) is 4.48. The van der Waals surface area contributed by atoms with Crippen LogP contribution in [-0.4, -0.2) is 41.8 Å². The first-order valence-electron chi connectivity index (χ1n) is 10.9. The summed E-state index contributed by atoms with van der Waals surface area (Å²) < 4.78 is 27.3. The lowest BCUT2D eigenvalue weighted by Gasteiger charge is -2.27. The van der Waals surface area contributed by atoms with Crippen LogP contribution in [0.15, 0.2) is 30.7 Å². The predicted octanol–water partition coefficient (Wildman–Crippen LogP) is 3.05. The van der Waals surface area contributed by atoms with Gasteiger partial charge in [0.05, 0.1) is 17.2 Å². The second-order valence-electron chi connectivity index (χ2n) is 8.86. The van der Waals surface area contributed by atoms with Gasteiger partial charge in [-0.05, 0) is 44.7 Å². The number of halogens is 1. The molecule has 33 heavy (non-hydrogen) atoms. The summed E-state index contributed by atoms with van der Waals surface area (Å²) in [7, 11) is 1.80. The number of carboxylic acid groups (broad SMARTS) is 1. The van der Waals surface area contributed by atoms with Gasteiger partial charge >= 0.3 is 11.8 Å². The van der Waals surface area contributed by atoms with Crippen LogP contribution in [0.2, 0.25) is 0 Å². The van der Waals surface area contributed by atoms with Gasteiger partial charge in [-0.3, -0.25) is 4.79 Å². The molecule has 0 spiro atoms. The largest absolute Gasteiger partial charge is 0.520 e. The molecule has 1 aliphatic carbocycles. The Morgan fingerprint density at radius 1 is 1.21 bits per heavy atom. The molecule has 0 radical (unpaired) electrons. The first-order valence-corrected chi connectivity index (χ1v) is 10.9. The van der Waals surface area contributed by atoms with Crippen molar-refractivity contribution >= 4 is 28.4 Å². The Morgan fingerprint density at radius 3 is 2.55 bits per heavy atom. The fourth-order valence-electron chi connectivity index (χ4n) is 4.94. The average molecular weight is 457 g/mol. The number of carbonyl (C=O) groups is 1. The lowest BCUT2D eigenvalue weighted by atomic mass is 10.0. The fourth-order valence-corrected chi connectivity index (χ4v) is 4.94. The van der Waals surface area contributed by atoms with Crippen LogP contribution < -0.4 is 21.1 Å². The highest BCUT2D eigenvalue weighted by Gasteiger charge is 2.33. The zero-order chi connectivity index (χ0) is 23.6. The van der Waals surface area contributed by atoms with Crippen LogP contribution in [-0.2, 0) is 0 Å². The Balaban J connectivity index is 1.57. The summed E-state index contributed by atoms with van der Waals surface area (Å²) >= 11 is 0. The SMILES string of the molecule is Cc1oc(=O)oc1N(C)C1CCN(c2c(F)cc3c(=O)c(C(=O)O)cn(C4CC4)c3c2C)C1. The van der Waals surface area contributed by atoms with Crippen LogP contribution in [0.5, 0.6) is 0 Å². The van der Waals surface area contributed by atoms with Gasteiger partial charge in [0.15, 0.2) is 5.76 Å². The van der Waals surface area contributed by atoms with Crippen molar-refractivity contribution in [3.05, 3.63) is 55.8 Å². The molecule has 1 saturated heterocycles. The van der Waals surface area contributed by atoms with Crippen LogP contribution >= 0.6 is 0 Å². The average Bonchev–Trinajstić information content (AvgIpc) is 3.38. The van der Waals surface area contributed by atoms with Crippen molar-refractivity contribution in [3.63, 3.8) is 0 Å². The molecule has 174 valence electrons. The van der Waals surface area contributed by atoms with Crippen LogP contribution in [0, 0.1) is 19.7 Å². The number of hydrogen-bond acceptors (Lipinski definition) is 7. The van der Waals surface area contributed by atoms with Crippen molar-refractivity contribution < 1.29 is 23.1 Å². The van der Waals surface area contributed by atoms with E-state index in [1.165, 1.54) is 12.3 Å². The predicted molar refractivity (Wildman–Crippen MR) is 119 cm³/mol. The van der Waals surface area contributed by atoms with Crippen LogP contribution in [0.1, 0.15) is 47.0 Å². The molecular weight excluding hydrogens is 433 g/mol. The lowest BCUT2D eigenvalue weighted by Crippen LogP contribution is -2.35. The molecule has 1 N–H and O–H groups in total. The highest BCUT2D eigenvalue weighted by atomic mass is 19.1. The molecule has 1 aromatic carbocycles. The molecule has 2 fully saturated rings. The molecule has 1 unspecified atom stereocenters. The van der Waals surface area contributed by atoms with Gasteiger partial charge in [0.2, 0.25) is 11.3 Å². The van der Waals surface area contributed by atoms with Crippen molar-refractivity contribution in [1.82, 2.24) is 4.57 Å². The van der Waals surface area contributed by atoms with E-state index in [9.17, 15) is 19.5 Å². The standard InChI is InChI=1S/C23H24FN3O6/c1-11-18-15(20(28)16(22(29)30)10-27(18)13-4-5-13)8-17(24)19(11)26-7-6-14(9-26)25(3)21-12(2)32-23(31)33-21/h8,10,13-14H,4-7,9H2,1-3H3,(H,29,30). The van der Waals surface area contributed by atoms with Gasteiger partial charge < -0.3 is 28.3 Å². The van der Waals surface area contributed by atoms with E-state index in [0.29, 0.717) is 47.9 Å². The summed E-state index contributed by atoms with van der Waals surface area (Å²) in [4.78, 5) is 39.6. The lowest BCUT2D eigenvalue weighted by molar-refractivity contribution is 0.0695. The van der Waals surface area contributed by atoms with Gasteiger partial charge in [-0.2, -0.15) is 0 Å². The van der Waals surface area contributed by atoms with E-state index in [2.05, 4.69) is 0 Å². The Labute approximate surface area is 187 Å². The molecule has 3 aromatic rings. The summed E-state index contributed by atoms with van der Waals surface area (Å²) in [6, 6.07) is 1.23. The Kier molecular flexibility index (Phi) is 4.84. The summed E-state index contributed by atoms with van der Waals surface area (Å²) in [5, 5.41) is 9.55. The summed E-state index contributed by atoms with van der Waals surface area (Å²) in [5.41, 5.74) is 0.575. The van der Waals surface area contributed by atoms with Gasteiger partial charge in [-0.25, -0.2) is 14.0 Å². The molecule has 9 nitrogen and oxygen atoms in total. The number of aryl methyl sites for hydroxylation is 2. The molecule has 0 amide bonds. The fraction of sp³-hybridized carbons (Fsp3) is 0.435. The van der Waals surface area contributed by atoms with Gasteiger partial charge in [0.1, 0.15) is 11.4 Å². The molecule has 5 rings (SSSR count). The highest BCUT2D eigenvalue weighted by Crippen LogP contribution is 2.40. The first-order chi connectivity index (χ1) is 15.7. The highest BCUT2D eigenvalue weighted by molar-refractivity contribution is 5.95. The van der Waals surface area contributed by atoms with Crippen molar-refractivity contribution in [3.8, 4) is 0 Å². The number of aromatic carboxylic acids is 1. The Morgan fingerprint density at radius 2 is 1.94 bits per heavy atom. The Bertz CT molecular complexity index is 1400. The quantitative estimate of drug-likeness (QED) is 0.623. The third-order valence-electron chi connectivity index (χ3n) is 6.71. The monoisotopic (exact) mass is 457 g/mol. The van der Waals surface area contributed by atoms with E-state index >= 15 is 4.39 Å². The van der Waals surface area contributed by atoms with Gasteiger partial charge in [-0.15, -0.1) is 0 Å². The molecule has 1 atom stereocenters. The van der Waals surface area contributed by atoms with Crippen molar-refractivity contribution in [1.29, 1.82) is 0 Å². The number of hydrogen-bond donors (Lipinski definition) is 1. The van der Waals surface area contributed by atoms with E-state index in [1.807, 2.05) is 14.4 Å². The van der Waals surface area contributed by atoms with Crippen LogP contribution in [0.25, 0.3) is 10.9 Å². The number of rotatable bonds is 5. The number of nitrogens with zero attached hydrogens (tertiary/aromatic N) is 3. The maximum absolute atomic E-state index is 15.4. The van der Waals surface area contributed by atoms with Crippen LogP contribution in [0.4, 0.5) is 16.0 Å². The maximum Gasteiger partial charge on any atom is 0.520 e.